The minimum absolute atomic E-state index is 0.108. The van der Waals surface area contributed by atoms with Crippen LogP contribution in [0.4, 0.5) is 10.5 Å². The van der Waals surface area contributed by atoms with Crippen molar-refractivity contribution in [3.63, 3.8) is 0 Å². The summed E-state index contributed by atoms with van der Waals surface area (Å²) in [5.41, 5.74) is 3.25. The number of hydrogen-bond acceptors (Lipinski definition) is 3. The summed E-state index contributed by atoms with van der Waals surface area (Å²) in [4.78, 5) is 19.4. The number of benzene rings is 1. The minimum Gasteiger partial charge on any atom is -0.333 e. The van der Waals surface area contributed by atoms with E-state index < -0.39 is 0 Å². The molecule has 3 aliphatic heterocycles. The molecule has 3 fully saturated rings. The van der Waals surface area contributed by atoms with Crippen molar-refractivity contribution in [2.75, 3.05) is 18.4 Å². The number of nitrogens with zero attached hydrogens (tertiary/aromatic N) is 2. The number of piperidine rings is 3. The molecule has 2 amide bonds. The molecule has 0 spiro atoms. The summed E-state index contributed by atoms with van der Waals surface area (Å²) in [5, 5.41) is 6.25. The van der Waals surface area contributed by atoms with Gasteiger partial charge in [-0.1, -0.05) is 23.8 Å². The summed E-state index contributed by atoms with van der Waals surface area (Å²) in [6.45, 7) is 4.31. The predicted molar refractivity (Wildman–Crippen MR) is 103 cm³/mol. The van der Waals surface area contributed by atoms with Crippen LogP contribution in [0.1, 0.15) is 24.0 Å². The quantitative estimate of drug-likeness (QED) is 0.890. The van der Waals surface area contributed by atoms with E-state index >= 15 is 0 Å². The van der Waals surface area contributed by atoms with Crippen LogP contribution in [0.2, 0.25) is 0 Å². The lowest BCUT2D eigenvalue weighted by Gasteiger charge is -2.51. The Hall–Kier alpha value is -2.40. The van der Waals surface area contributed by atoms with E-state index in [0.29, 0.717) is 12.0 Å². The number of aryl methyl sites for hydroxylation is 1. The number of carbonyl (C=O) groups is 1. The van der Waals surface area contributed by atoms with Gasteiger partial charge < -0.3 is 10.6 Å². The summed E-state index contributed by atoms with van der Waals surface area (Å²) >= 11 is 0. The maximum atomic E-state index is 12.6. The number of pyridine rings is 1. The Kier molecular flexibility index (Phi) is 4.89. The summed E-state index contributed by atoms with van der Waals surface area (Å²) in [7, 11) is 0. The highest BCUT2D eigenvalue weighted by atomic mass is 16.2. The molecule has 3 saturated heterocycles. The normalized spacial score (nSPS) is 27.1. The molecule has 5 nitrogen and oxygen atoms in total. The van der Waals surface area contributed by atoms with E-state index in [0.717, 1.165) is 25.2 Å². The fourth-order valence-corrected chi connectivity index (χ4v) is 4.34. The van der Waals surface area contributed by atoms with E-state index in [1.54, 1.807) is 0 Å². The van der Waals surface area contributed by atoms with E-state index in [-0.39, 0.29) is 12.1 Å². The van der Waals surface area contributed by atoms with E-state index in [1.807, 2.05) is 49.6 Å². The molecule has 1 aromatic heterocycles. The first-order valence-electron chi connectivity index (χ1n) is 9.46. The van der Waals surface area contributed by atoms with Crippen molar-refractivity contribution in [1.82, 2.24) is 15.2 Å². The molecule has 2 atom stereocenters. The second kappa shape index (κ2) is 7.46. The highest BCUT2D eigenvalue weighted by Crippen LogP contribution is 2.34. The van der Waals surface area contributed by atoms with Crippen LogP contribution < -0.4 is 10.6 Å². The molecule has 2 N–H and O–H groups in total. The van der Waals surface area contributed by atoms with Crippen molar-refractivity contribution < 1.29 is 4.79 Å². The van der Waals surface area contributed by atoms with Gasteiger partial charge in [-0.25, -0.2) is 4.79 Å². The molecule has 26 heavy (non-hydrogen) atoms. The largest absolute Gasteiger partial charge is 0.333 e. The molecule has 4 heterocycles. The van der Waals surface area contributed by atoms with Gasteiger partial charge >= 0.3 is 6.03 Å². The molecule has 0 unspecified atom stereocenters. The Balaban J connectivity index is 1.45. The molecule has 0 radical (unpaired) electrons. The van der Waals surface area contributed by atoms with Crippen molar-refractivity contribution in [3.05, 3.63) is 59.9 Å². The third-order valence-electron chi connectivity index (χ3n) is 5.74. The highest BCUT2D eigenvalue weighted by molar-refractivity contribution is 5.89. The number of fused-ring (bicyclic) bond motifs is 3. The van der Waals surface area contributed by atoms with Gasteiger partial charge in [-0.2, -0.15) is 0 Å². The van der Waals surface area contributed by atoms with Crippen molar-refractivity contribution >= 4 is 11.7 Å². The van der Waals surface area contributed by atoms with Crippen LogP contribution in [0.25, 0.3) is 0 Å². The topological polar surface area (TPSA) is 57.3 Å². The molecular weight excluding hydrogens is 324 g/mol. The number of urea groups is 1. The average Bonchev–Trinajstić information content (AvgIpc) is 2.67. The van der Waals surface area contributed by atoms with Crippen LogP contribution in [-0.2, 0) is 6.42 Å². The Bertz CT molecular complexity index is 738. The Morgan fingerprint density at radius 1 is 1.19 bits per heavy atom. The molecule has 136 valence electrons. The van der Waals surface area contributed by atoms with Crippen LogP contribution in [0.5, 0.6) is 0 Å². The van der Waals surface area contributed by atoms with Crippen molar-refractivity contribution in [2.45, 2.75) is 38.3 Å². The van der Waals surface area contributed by atoms with Crippen LogP contribution in [-0.4, -0.2) is 41.1 Å². The number of anilines is 1. The Morgan fingerprint density at radius 3 is 2.65 bits per heavy atom. The zero-order valence-electron chi connectivity index (χ0n) is 15.2. The molecule has 0 saturated carbocycles. The summed E-state index contributed by atoms with van der Waals surface area (Å²) in [5.74, 6) is 0.561. The van der Waals surface area contributed by atoms with Crippen LogP contribution in [0, 0.1) is 12.8 Å². The fourth-order valence-electron chi connectivity index (χ4n) is 4.34. The molecule has 2 aromatic rings. The van der Waals surface area contributed by atoms with Crippen molar-refractivity contribution in [2.24, 2.45) is 5.92 Å². The van der Waals surface area contributed by atoms with Crippen LogP contribution in [0.3, 0.4) is 0 Å². The molecule has 1 aromatic carbocycles. The summed E-state index contributed by atoms with van der Waals surface area (Å²) in [6.07, 6.45) is 7.01. The lowest BCUT2D eigenvalue weighted by atomic mass is 9.77. The third-order valence-corrected chi connectivity index (χ3v) is 5.74. The zero-order valence-corrected chi connectivity index (χ0v) is 15.2. The van der Waals surface area contributed by atoms with E-state index in [9.17, 15) is 4.79 Å². The predicted octanol–water partition coefficient (Wildman–Crippen LogP) is 3.22. The van der Waals surface area contributed by atoms with E-state index in [1.165, 1.54) is 24.0 Å². The number of hydrogen-bond donors (Lipinski definition) is 2. The van der Waals surface area contributed by atoms with Crippen molar-refractivity contribution in [3.8, 4) is 0 Å². The highest BCUT2D eigenvalue weighted by Gasteiger charge is 2.42. The SMILES string of the molecule is Cc1ccc(NC(=O)N[C@@H]2C3CCN(CC3)[C@H]2Cc2cccnc2)cc1. The fraction of sp³-hybridized carbons (Fsp3) is 0.429. The van der Waals surface area contributed by atoms with Gasteiger partial charge in [-0.15, -0.1) is 0 Å². The van der Waals surface area contributed by atoms with Gasteiger partial charge in [-0.05, 0) is 69.0 Å². The first-order chi connectivity index (χ1) is 12.7. The maximum Gasteiger partial charge on any atom is 0.319 e. The molecule has 3 aliphatic rings. The summed E-state index contributed by atoms with van der Waals surface area (Å²) < 4.78 is 0. The van der Waals surface area contributed by atoms with E-state index in [4.69, 9.17) is 0 Å². The second-order valence-electron chi connectivity index (χ2n) is 7.50. The van der Waals surface area contributed by atoms with E-state index in [2.05, 4.69) is 26.6 Å². The van der Waals surface area contributed by atoms with Gasteiger partial charge in [0.25, 0.3) is 0 Å². The first kappa shape index (κ1) is 17.0. The van der Waals surface area contributed by atoms with Gasteiger partial charge in [-0.3, -0.25) is 9.88 Å². The van der Waals surface area contributed by atoms with Crippen LogP contribution >= 0.6 is 0 Å². The number of nitrogens with one attached hydrogen (secondary N) is 2. The average molecular weight is 350 g/mol. The maximum absolute atomic E-state index is 12.6. The number of aromatic nitrogens is 1. The first-order valence-corrected chi connectivity index (χ1v) is 9.46. The Morgan fingerprint density at radius 2 is 1.96 bits per heavy atom. The van der Waals surface area contributed by atoms with Crippen LogP contribution in [0.15, 0.2) is 48.8 Å². The lowest BCUT2D eigenvalue weighted by molar-refractivity contribution is 0.0184. The number of carbonyl (C=O) groups excluding carboxylic acids is 1. The number of amides is 2. The van der Waals surface area contributed by atoms with Gasteiger partial charge in [0.1, 0.15) is 0 Å². The molecule has 5 rings (SSSR count). The molecule has 0 aliphatic carbocycles. The molecular formula is C21H26N4O. The molecule has 2 bridgehead atoms. The van der Waals surface area contributed by atoms with Gasteiger partial charge in [0.2, 0.25) is 0 Å². The van der Waals surface area contributed by atoms with Gasteiger partial charge in [0.15, 0.2) is 0 Å². The third kappa shape index (κ3) is 3.73. The molecule has 5 heteroatoms. The zero-order chi connectivity index (χ0) is 17.9. The van der Waals surface area contributed by atoms with Crippen molar-refractivity contribution in [1.29, 1.82) is 0 Å². The van der Waals surface area contributed by atoms with Gasteiger partial charge in [0, 0.05) is 30.2 Å². The standard InChI is InChI=1S/C21H26N4O/c1-15-4-6-18(7-5-15)23-21(26)24-20-17-8-11-25(12-9-17)19(20)13-16-3-2-10-22-14-16/h2-7,10,14,17,19-20H,8-9,11-13H2,1H3,(H2,23,24,26)/t19-,20+/m0/s1. The minimum atomic E-state index is -0.108. The Labute approximate surface area is 154 Å². The summed E-state index contributed by atoms with van der Waals surface area (Å²) in [6, 6.07) is 12.4. The second-order valence-corrected chi connectivity index (χ2v) is 7.50. The smallest absolute Gasteiger partial charge is 0.319 e. The monoisotopic (exact) mass is 350 g/mol. The number of rotatable bonds is 4. The lowest BCUT2D eigenvalue weighted by Crippen LogP contribution is -2.64. The van der Waals surface area contributed by atoms with Gasteiger partial charge in [0.05, 0.1) is 0 Å².